The quantitative estimate of drug-likeness (QED) is 0.446. The van der Waals surface area contributed by atoms with Gasteiger partial charge in [-0.3, -0.25) is 9.59 Å². The molecule has 140 valence electrons. The molecule has 6 heteroatoms. The Morgan fingerprint density at radius 2 is 1.82 bits per heavy atom. The first-order chi connectivity index (χ1) is 13.6. The number of para-hydroxylation sites is 1. The molecule has 0 atom stereocenters. The third kappa shape index (κ3) is 3.32. The van der Waals surface area contributed by atoms with Crippen LogP contribution < -0.4 is 5.43 Å². The molecule has 4 rings (SSSR count). The fraction of sp³-hybridized carbons (Fsp3) is 0.0909. The molecule has 0 unspecified atom stereocenters. The van der Waals surface area contributed by atoms with Crippen molar-refractivity contribution in [1.29, 1.82) is 0 Å². The standard InChI is InChI=1S/C22H16ClNO4/c1-2-11-24(13-14-7-9-15(23)10-8-14)21(26)19-12-17-20(25)16-5-3-4-6-18(16)27-22(17)28-19/h2-10,12H,1,11,13H2. The lowest BCUT2D eigenvalue weighted by atomic mass is 10.2. The summed E-state index contributed by atoms with van der Waals surface area (Å²) in [5, 5.41) is 1.31. The number of halogens is 1. The Labute approximate surface area is 165 Å². The van der Waals surface area contributed by atoms with Gasteiger partial charge in [0, 0.05) is 24.2 Å². The minimum atomic E-state index is -0.357. The summed E-state index contributed by atoms with van der Waals surface area (Å²) < 4.78 is 11.2. The van der Waals surface area contributed by atoms with Gasteiger partial charge in [-0.15, -0.1) is 6.58 Å². The highest BCUT2D eigenvalue weighted by Crippen LogP contribution is 2.23. The highest BCUT2D eigenvalue weighted by atomic mass is 35.5. The molecule has 0 N–H and O–H groups in total. The summed E-state index contributed by atoms with van der Waals surface area (Å²) in [5.74, 6) is -0.274. The van der Waals surface area contributed by atoms with E-state index in [9.17, 15) is 9.59 Å². The monoisotopic (exact) mass is 393 g/mol. The summed E-state index contributed by atoms with van der Waals surface area (Å²) in [7, 11) is 0. The van der Waals surface area contributed by atoms with E-state index >= 15 is 0 Å². The first kappa shape index (κ1) is 18.1. The van der Waals surface area contributed by atoms with Crippen LogP contribution in [0.1, 0.15) is 16.1 Å². The number of nitrogens with zero attached hydrogens (tertiary/aromatic N) is 1. The average Bonchev–Trinajstić information content (AvgIpc) is 3.13. The molecular weight excluding hydrogens is 378 g/mol. The van der Waals surface area contributed by atoms with Gasteiger partial charge in [-0.2, -0.15) is 0 Å². The Bertz CT molecular complexity index is 1240. The van der Waals surface area contributed by atoms with Crippen molar-refractivity contribution >= 4 is 39.6 Å². The predicted molar refractivity (Wildman–Crippen MR) is 109 cm³/mol. The lowest BCUT2D eigenvalue weighted by Gasteiger charge is -2.20. The molecule has 0 aliphatic rings. The van der Waals surface area contributed by atoms with Crippen LogP contribution in [0.15, 0.2) is 80.9 Å². The number of carbonyl (C=O) groups is 1. The maximum Gasteiger partial charge on any atom is 0.302 e. The summed E-state index contributed by atoms with van der Waals surface area (Å²) in [6.07, 6.45) is 1.63. The normalized spacial score (nSPS) is 11.0. The van der Waals surface area contributed by atoms with Gasteiger partial charge in [-0.05, 0) is 29.8 Å². The second kappa shape index (κ2) is 7.37. The Kier molecular flexibility index (Phi) is 4.75. The van der Waals surface area contributed by atoms with E-state index in [1.807, 2.05) is 12.1 Å². The largest absolute Gasteiger partial charge is 0.425 e. The number of furan rings is 1. The van der Waals surface area contributed by atoms with Crippen molar-refractivity contribution in [2.24, 2.45) is 0 Å². The highest BCUT2D eigenvalue weighted by molar-refractivity contribution is 6.30. The van der Waals surface area contributed by atoms with E-state index in [0.29, 0.717) is 29.1 Å². The molecule has 0 radical (unpaired) electrons. The average molecular weight is 394 g/mol. The number of hydrogen-bond donors (Lipinski definition) is 0. The molecule has 4 aromatic rings. The fourth-order valence-corrected chi connectivity index (χ4v) is 3.17. The zero-order valence-corrected chi connectivity index (χ0v) is 15.6. The van der Waals surface area contributed by atoms with Crippen LogP contribution in [0.25, 0.3) is 22.1 Å². The van der Waals surface area contributed by atoms with Gasteiger partial charge in [-0.1, -0.05) is 41.9 Å². The molecule has 0 saturated heterocycles. The maximum atomic E-state index is 13.0. The van der Waals surface area contributed by atoms with Crippen LogP contribution in [0.4, 0.5) is 0 Å². The van der Waals surface area contributed by atoms with Crippen molar-refractivity contribution in [3.8, 4) is 0 Å². The van der Waals surface area contributed by atoms with E-state index in [0.717, 1.165) is 5.56 Å². The summed E-state index contributed by atoms with van der Waals surface area (Å²) >= 11 is 5.92. The number of amides is 1. The Morgan fingerprint density at radius 1 is 1.07 bits per heavy atom. The zero-order valence-electron chi connectivity index (χ0n) is 14.9. The van der Waals surface area contributed by atoms with Gasteiger partial charge in [0.15, 0.2) is 5.76 Å². The van der Waals surface area contributed by atoms with Crippen molar-refractivity contribution in [3.63, 3.8) is 0 Å². The molecule has 0 spiro atoms. The van der Waals surface area contributed by atoms with Crippen molar-refractivity contribution in [2.45, 2.75) is 6.54 Å². The summed E-state index contributed by atoms with van der Waals surface area (Å²) in [4.78, 5) is 27.2. The number of fused-ring (bicyclic) bond motifs is 2. The number of rotatable bonds is 5. The van der Waals surface area contributed by atoms with Crippen LogP contribution in [0.5, 0.6) is 0 Å². The molecule has 0 aliphatic carbocycles. The molecule has 2 aromatic carbocycles. The van der Waals surface area contributed by atoms with Crippen molar-refractivity contribution in [3.05, 3.63) is 93.8 Å². The van der Waals surface area contributed by atoms with Crippen molar-refractivity contribution in [1.82, 2.24) is 4.90 Å². The predicted octanol–water partition coefficient (Wildman–Crippen LogP) is 5.02. The lowest BCUT2D eigenvalue weighted by Crippen LogP contribution is -2.30. The smallest absolute Gasteiger partial charge is 0.302 e. The van der Waals surface area contributed by atoms with Gasteiger partial charge in [0.05, 0.1) is 5.39 Å². The van der Waals surface area contributed by atoms with Crippen LogP contribution in [0.2, 0.25) is 5.02 Å². The minimum absolute atomic E-state index is 0.0390. The summed E-state index contributed by atoms with van der Waals surface area (Å²) in [5.41, 5.74) is 1.10. The van der Waals surface area contributed by atoms with E-state index in [1.165, 1.54) is 6.07 Å². The van der Waals surface area contributed by atoms with Crippen molar-refractivity contribution < 1.29 is 13.6 Å². The minimum Gasteiger partial charge on any atom is -0.425 e. The molecule has 0 saturated carbocycles. The van der Waals surface area contributed by atoms with E-state index in [-0.39, 0.29) is 28.3 Å². The summed E-state index contributed by atoms with van der Waals surface area (Å²) in [6.45, 7) is 4.38. The third-order valence-electron chi connectivity index (χ3n) is 4.41. The lowest BCUT2D eigenvalue weighted by molar-refractivity contribution is 0.0731. The highest BCUT2D eigenvalue weighted by Gasteiger charge is 2.22. The van der Waals surface area contributed by atoms with Crippen LogP contribution in [0.3, 0.4) is 0 Å². The first-order valence-corrected chi connectivity index (χ1v) is 9.04. The van der Waals surface area contributed by atoms with Crippen LogP contribution in [0, 0.1) is 0 Å². The number of carbonyl (C=O) groups excluding carboxylic acids is 1. The van der Waals surface area contributed by atoms with Gasteiger partial charge in [-0.25, -0.2) is 0 Å². The van der Waals surface area contributed by atoms with Crippen LogP contribution in [-0.4, -0.2) is 17.4 Å². The van der Waals surface area contributed by atoms with Gasteiger partial charge in [0.2, 0.25) is 5.43 Å². The Morgan fingerprint density at radius 3 is 2.57 bits per heavy atom. The molecule has 2 aromatic heterocycles. The molecule has 0 bridgehead atoms. The summed E-state index contributed by atoms with van der Waals surface area (Å²) in [6, 6.07) is 15.6. The SMILES string of the molecule is C=CCN(Cc1ccc(Cl)cc1)C(=O)c1cc2c(=O)c3ccccc3oc2o1. The zero-order chi connectivity index (χ0) is 19.7. The number of hydrogen-bond acceptors (Lipinski definition) is 4. The molecule has 5 nitrogen and oxygen atoms in total. The molecular formula is C22H16ClNO4. The van der Waals surface area contributed by atoms with E-state index in [1.54, 1.807) is 47.4 Å². The van der Waals surface area contributed by atoms with Gasteiger partial charge in [0.25, 0.3) is 5.91 Å². The molecule has 1 amide bonds. The second-order valence-electron chi connectivity index (χ2n) is 6.34. The molecule has 28 heavy (non-hydrogen) atoms. The number of benzene rings is 2. The third-order valence-corrected chi connectivity index (χ3v) is 4.66. The van der Waals surface area contributed by atoms with Crippen molar-refractivity contribution in [2.75, 3.05) is 6.54 Å². The molecule has 0 aliphatic heterocycles. The van der Waals surface area contributed by atoms with Crippen LogP contribution in [-0.2, 0) is 6.54 Å². The van der Waals surface area contributed by atoms with Gasteiger partial charge < -0.3 is 13.7 Å². The van der Waals surface area contributed by atoms with Crippen LogP contribution >= 0.6 is 11.6 Å². The Hall–Kier alpha value is -3.31. The van der Waals surface area contributed by atoms with E-state index < -0.39 is 0 Å². The molecule has 2 heterocycles. The second-order valence-corrected chi connectivity index (χ2v) is 6.78. The topological polar surface area (TPSA) is 63.7 Å². The first-order valence-electron chi connectivity index (χ1n) is 8.67. The maximum absolute atomic E-state index is 13.0. The van der Waals surface area contributed by atoms with E-state index in [4.69, 9.17) is 20.4 Å². The van der Waals surface area contributed by atoms with E-state index in [2.05, 4.69) is 6.58 Å². The Balaban J connectivity index is 1.72. The van der Waals surface area contributed by atoms with Gasteiger partial charge >= 0.3 is 5.78 Å². The fourth-order valence-electron chi connectivity index (χ4n) is 3.04. The molecule has 0 fully saturated rings. The van der Waals surface area contributed by atoms with Gasteiger partial charge in [0.1, 0.15) is 11.0 Å².